The van der Waals surface area contributed by atoms with Gasteiger partial charge in [-0.3, -0.25) is 14.6 Å². The zero-order valence-corrected chi connectivity index (χ0v) is 13.4. The maximum atomic E-state index is 11.7. The molecule has 0 fully saturated rings. The van der Waals surface area contributed by atoms with Crippen molar-refractivity contribution in [2.45, 2.75) is 18.0 Å². The molecule has 4 N–H and O–H groups in total. The number of benzene rings is 1. The standard InChI is InChI=1S/C15H16N4O4S/c16-24(22,23)13-5-3-11(4-6-13)9-18-14(20)15(21)19-10-12-2-1-7-17-8-12/h1-8H,9-10H2,(H,18,20)(H,19,21)(H2,16,22,23). The van der Waals surface area contributed by atoms with Crippen molar-refractivity contribution in [2.24, 2.45) is 5.14 Å². The Morgan fingerprint density at radius 1 is 0.958 bits per heavy atom. The van der Waals surface area contributed by atoms with Crippen molar-refractivity contribution in [3.63, 3.8) is 0 Å². The van der Waals surface area contributed by atoms with Crippen molar-refractivity contribution in [1.29, 1.82) is 0 Å². The molecule has 0 spiro atoms. The summed E-state index contributed by atoms with van der Waals surface area (Å²) in [6.07, 6.45) is 3.20. The van der Waals surface area contributed by atoms with Gasteiger partial charge in [-0.05, 0) is 29.3 Å². The van der Waals surface area contributed by atoms with Crippen LogP contribution in [0, 0.1) is 0 Å². The van der Waals surface area contributed by atoms with Gasteiger partial charge in [0.1, 0.15) is 0 Å². The topological polar surface area (TPSA) is 131 Å². The van der Waals surface area contributed by atoms with E-state index in [-0.39, 0.29) is 18.0 Å². The number of nitrogens with two attached hydrogens (primary N) is 1. The molecule has 0 aliphatic heterocycles. The van der Waals surface area contributed by atoms with Gasteiger partial charge >= 0.3 is 11.8 Å². The van der Waals surface area contributed by atoms with Crippen molar-refractivity contribution >= 4 is 21.8 Å². The van der Waals surface area contributed by atoms with E-state index < -0.39 is 21.8 Å². The second-order valence-corrected chi connectivity index (χ2v) is 6.48. The summed E-state index contributed by atoms with van der Waals surface area (Å²) in [4.78, 5) is 27.3. The number of primary sulfonamides is 1. The number of carbonyl (C=O) groups excluding carboxylic acids is 2. The minimum absolute atomic E-state index is 0.0215. The number of carbonyl (C=O) groups is 2. The number of nitrogens with one attached hydrogen (secondary N) is 2. The molecule has 0 aliphatic rings. The molecule has 0 saturated carbocycles. The number of amides is 2. The molecule has 9 heteroatoms. The average molecular weight is 348 g/mol. The fourth-order valence-electron chi connectivity index (χ4n) is 1.82. The van der Waals surface area contributed by atoms with E-state index in [0.29, 0.717) is 5.56 Å². The molecule has 2 amide bonds. The third-order valence-corrected chi connectivity index (χ3v) is 4.02. The quantitative estimate of drug-likeness (QED) is 0.636. The molecule has 1 aromatic carbocycles. The highest BCUT2D eigenvalue weighted by molar-refractivity contribution is 7.89. The lowest BCUT2D eigenvalue weighted by Crippen LogP contribution is -2.39. The predicted octanol–water partition coefficient (Wildman–Crippen LogP) is -0.338. The lowest BCUT2D eigenvalue weighted by molar-refractivity contribution is -0.139. The second-order valence-electron chi connectivity index (χ2n) is 4.92. The molecule has 0 bridgehead atoms. The molecule has 8 nitrogen and oxygen atoms in total. The lowest BCUT2D eigenvalue weighted by atomic mass is 10.2. The van der Waals surface area contributed by atoms with E-state index >= 15 is 0 Å². The molecule has 2 rings (SSSR count). The van der Waals surface area contributed by atoms with Gasteiger partial charge in [0, 0.05) is 25.5 Å². The van der Waals surface area contributed by atoms with Crippen LogP contribution < -0.4 is 15.8 Å². The first-order valence-electron chi connectivity index (χ1n) is 6.93. The molecule has 0 radical (unpaired) electrons. The van der Waals surface area contributed by atoms with Crippen molar-refractivity contribution in [1.82, 2.24) is 15.6 Å². The van der Waals surface area contributed by atoms with E-state index in [0.717, 1.165) is 5.56 Å². The van der Waals surface area contributed by atoms with Crippen LogP contribution in [0.3, 0.4) is 0 Å². The molecule has 1 aromatic heterocycles. The smallest absolute Gasteiger partial charge is 0.309 e. The van der Waals surface area contributed by atoms with Crippen LogP contribution >= 0.6 is 0 Å². The molecule has 2 aromatic rings. The summed E-state index contributed by atoms with van der Waals surface area (Å²) in [7, 11) is -3.75. The third kappa shape index (κ3) is 5.14. The largest absolute Gasteiger partial charge is 0.344 e. The average Bonchev–Trinajstić information content (AvgIpc) is 2.58. The van der Waals surface area contributed by atoms with Crippen molar-refractivity contribution < 1.29 is 18.0 Å². The van der Waals surface area contributed by atoms with E-state index in [9.17, 15) is 18.0 Å². The maximum Gasteiger partial charge on any atom is 0.309 e. The zero-order valence-electron chi connectivity index (χ0n) is 12.6. The molecule has 0 unspecified atom stereocenters. The Kier molecular flexibility index (Phi) is 5.61. The normalized spacial score (nSPS) is 10.9. The summed E-state index contributed by atoms with van der Waals surface area (Å²) >= 11 is 0. The monoisotopic (exact) mass is 348 g/mol. The third-order valence-electron chi connectivity index (χ3n) is 3.09. The van der Waals surface area contributed by atoms with E-state index in [1.54, 1.807) is 24.5 Å². The van der Waals surface area contributed by atoms with Gasteiger partial charge in [0.05, 0.1) is 4.90 Å². The van der Waals surface area contributed by atoms with Crippen LogP contribution in [-0.2, 0) is 32.7 Å². The molecule has 126 valence electrons. The number of nitrogens with zero attached hydrogens (tertiary/aromatic N) is 1. The summed E-state index contributed by atoms with van der Waals surface area (Å²) in [6, 6.07) is 9.19. The fourth-order valence-corrected chi connectivity index (χ4v) is 2.34. The molecule has 1 heterocycles. The molecule has 0 aliphatic carbocycles. The number of rotatable bonds is 5. The number of hydrogen-bond donors (Lipinski definition) is 3. The first kappa shape index (κ1) is 17.6. The van der Waals surface area contributed by atoms with Gasteiger partial charge < -0.3 is 10.6 Å². The van der Waals surface area contributed by atoms with Gasteiger partial charge in [0.15, 0.2) is 0 Å². The summed E-state index contributed by atoms with van der Waals surface area (Å²) in [5.74, 6) is -1.55. The minimum Gasteiger partial charge on any atom is -0.344 e. The number of hydrogen-bond acceptors (Lipinski definition) is 5. The Labute approximate surface area is 139 Å². The number of sulfonamides is 1. The van der Waals surface area contributed by atoms with Crippen molar-refractivity contribution in [2.75, 3.05) is 0 Å². The Balaban J connectivity index is 1.83. The molecule has 0 saturated heterocycles. The SMILES string of the molecule is NS(=O)(=O)c1ccc(CNC(=O)C(=O)NCc2cccnc2)cc1. The van der Waals surface area contributed by atoms with Crippen LogP contribution in [0.5, 0.6) is 0 Å². The Bertz CT molecular complexity index is 820. The Morgan fingerprint density at radius 2 is 1.54 bits per heavy atom. The van der Waals surface area contributed by atoms with Crippen LogP contribution in [0.15, 0.2) is 53.7 Å². The van der Waals surface area contributed by atoms with E-state index in [1.807, 2.05) is 0 Å². The Hall–Kier alpha value is -2.78. The fraction of sp³-hybridized carbons (Fsp3) is 0.133. The second kappa shape index (κ2) is 7.66. The maximum absolute atomic E-state index is 11.7. The molecule has 24 heavy (non-hydrogen) atoms. The molecule has 0 atom stereocenters. The summed E-state index contributed by atoms with van der Waals surface area (Å²) in [5.41, 5.74) is 1.41. The first-order chi connectivity index (χ1) is 11.4. The highest BCUT2D eigenvalue weighted by atomic mass is 32.2. The number of aromatic nitrogens is 1. The zero-order chi connectivity index (χ0) is 17.6. The summed E-state index contributed by atoms with van der Waals surface area (Å²) in [6.45, 7) is 0.285. The van der Waals surface area contributed by atoms with Crippen LogP contribution in [0.1, 0.15) is 11.1 Å². The first-order valence-corrected chi connectivity index (χ1v) is 8.47. The Morgan fingerprint density at radius 3 is 2.04 bits per heavy atom. The van der Waals surface area contributed by atoms with E-state index in [1.165, 1.54) is 24.3 Å². The van der Waals surface area contributed by atoms with Crippen LogP contribution in [-0.4, -0.2) is 25.2 Å². The van der Waals surface area contributed by atoms with E-state index in [4.69, 9.17) is 5.14 Å². The van der Waals surface area contributed by atoms with Gasteiger partial charge in [-0.25, -0.2) is 13.6 Å². The van der Waals surface area contributed by atoms with Crippen LogP contribution in [0.2, 0.25) is 0 Å². The lowest BCUT2D eigenvalue weighted by Gasteiger charge is -2.07. The predicted molar refractivity (Wildman–Crippen MR) is 85.7 cm³/mol. The van der Waals surface area contributed by atoms with E-state index in [2.05, 4.69) is 15.6 Å². The van der Waals surface area contributed by atoms with Crippen LogP contribution in [0.25, 0.3) is 0 Å². The minimum atomic E-state index is -3.75. The molecular weight excluding hydrogens is 332 g/mol. The molecular formula is C15H16N4O4S. The van der Waals surface area contributed by atoms with Gasteiger partial charge in [-0.1, -0.05) is 18.2 Å². The summed E-state index contributed by atoms with van der Waals surface area (Å²) < 4.78 is 22.3. The number of pyridine rings is 1. The highest BCUT2D eigenvalue weighted by Crippen LogP contribution is 2.08. The van der Waals surface area contributed by atoms with Crippen molar-refractivity contribution in [3.8, 4) is 0 Å². The van der Waals surface area contributed by atoms with Crippen LogP contribution in [0.4, 0.5) is 0 Å². The highest BCUT2D eigenvalue weighted by Gasteiger charge is 2.13. The van der Waals surface area contributed by atoms with Gasteiger partial charge in [-0.15, -0.1) is 0 Å². The van der Waals surface area contributed by atoms with Gasteiger partial charge in [0.25, 0.3) is 0 Å². The van der Waals surface area contributed by atoms with Crippen molar-refractivity contribution in [3.05, 3.63) is 59.9 Å². The summed E-state index contributed by atoms with van der Waals surface area (Å²) in [5, 5.41) is 9.92. The van der Waals surface area contributed by atoms with Gasteiger partial charge in [0.2, 0.25) is 10.0 Å². The van der Waals surface area contributed by atoms with Gasteiger partial charge in [-0.2, -0.15) is 0 Å².